The zero-order valence-electron chi connectivity index (χ0n) is 9.63. The molecule has 0 amide bonds. The van der Waals surface area contributed by atoms with Crippen LogP contribution in [0.1, 0.15) is 25.3 Å². The van der Waals surface area contributed by atoms with Gasteiger partial charge in [-0.3, -0.25) is 0 Å². The van der Waals surface area contributed by atoms with Crippen molar-refractivity contribution in [1.29, 1.82) is 0 Å². The lowest BCUT2D eigenvalue weighted by atomic mass is 10.1. The summed E-state index contributed by atoms with van der Waals surface area (Å²) in [6, 6.07) is 5.24. The van der Waals surface area contributed by atoms with E-state index in [0.717, 1.165) is 37.9 Å². The molecule has 1 aliphatic heterocycles. The Bertz CT molecular complexity index is 348. The molecule has 1 aromatic rings. The first kappa shape index (κ1) is 11.4. The minimum atomic E-state index is -0.238. The van der Waals surface area contributed by atoms with E-state index in [4.69, 9.17) is 4.74 Å². The lowest BCUT2D eigenvalue weighted by Crippen LogP contribution is -2.34. The Morgan fingerprint density at radius 2 is 2.12 bits per heavy atom. The van der Waals surface area contributed by atoms with Crippen LogP contribution in [0.2, 0.25) is 0 Å². The van der Waals surface area contributed by atoms with Gasteiger partial charge in [-0.15, -0.1) is 0 Å². The molecule has 1 N–H and O–H groups in total. The van der Waals surface area contributed by atoms with E-state index in [-0.39, 0.29) is 11.9 Å². The molecule has 3 heteroatoms. The fourth-order valence-electron chi connectivity index (χ4n) is 1.95. The topological polar surface area (TPSA) is 21.3 Å². The zero-order valence-corrected chi connectivity index (χ0v) is 9.63. The number of piperidine rings is 1. The van der Waals surface area contributed by atoms with Crippen molar-refractivity contribution in [2.24, 2.45) is 0 Å². The van der Waals surface area contributed by atoms with Crippen molar-refractivity contribution in [3.05, 3.63) is 29.6 Å². The molecule has 1 heterocycles. The largest absolute Gasteiger partial charge is 0.487 e. The minimum Gasteiger partial charge on any atom is -0.487 e. The fourth-order valence-corrected chi connectivity index (χ4v) is 1.95. The predicted octanol–water partition coefficient (Wildman–Crippen LogP) is 2.52. The van der Waals surface area contributed by atoms with Crippen LogP contribution in [0.15, 0.2) is 18.2 Å². The molecule has 0 saturated carbocycles. The summed E-state index contributed by atoms with van der Waals surface area (Å²) < 4.78 is 19.3. The number of ether oxygens (including phenoxy) is 1. The summed E-state index contributed by atoms with van der Waals surface area (Å²) in [5.41, 5.74) is 1.01. The second kappa shape index (κ2) is 5.30. The summed E-state index contributed by atoms with van der Waals surface area (Å²) >= 11 is 0. The number of halogens is 1. The van der Waals surface area contributed by atoms with Crippen LogP contribution < -0.4 is 10.1 Å². The van der Waals surface area contributed by atoms with Crippen LogP contribution in [0, 0.1) is 5.82 Å². The molecule has 0 radical (unpaired) electrons. The Labute approximate surface area is 95.8 Å². The van der Waals surface area contributed by atoms with Gasteiger partial charge in [-0.1, -0.05) is 13.0 Å². The van der Waals surface area contributed by atoms with E-state index >= 15 is 0 Å². The third-order valence-electron chi connectivity index (χ3n) is 2.98. The molecule has 1 fully saturated rings. The van der Waals surface area contributed by atoms with E-state index in [2.05, 4.69) is 5.32 Å². The average molecular weight is 223 g/mol. The molecule has 1 aromatic carbocycles. The molecule has 0 spiro atoms. The molecule has 0 aliphatic carbocycles. The Morgan fingerprint density at radius 3 is 2.75 bits per heavy atom. The van der Waals surface area contributed by atoms with Gasteiger partial charge in [0.1, 0.15) is 6.10 Å². The van der Waals surface area contributed by atoms with Gasteiger partial charge in [-0.25, -0.2) is 4.39 Å². The summed E-state index contributed by atoms with van der Waals surface area (Å²) in [6.07, 6.45) is 2.91. The Kier molecular flexibility index (Phi) is 3.78. The van der Waals surface area contributed by atoms with E-state index in [9.17, 15) is 4.39 Å². The molecule has 1 saturated heterocycles. The Morgan fingerprint density at radius 1 is 1.38 bits per heavy atom. The van der Waals surface area contributed by atoms with Crippen LogP contribution in [-0.2, 0) is 6.42 Å². The normalized spacial score (nSPS) is 17.4. The maximum absolute atomic E-state index is 13.7. The van der Waals surface area contributed by atoms with E-state index in [1.807, 2.05) is 13.0 Å². The molecule has 0 atom stereocenters. The lowest BCUT2D eigenvalue weighted by Gasteiger charge is -2.24. The highest BCUT2D eigenvalue weighted by Gasteiger charge is 2.16. The second-order valence-electron chi connectivity index (χ2n) is 4.19. The SMILES string of the molecule is CCc1ccc(OC2CCNCC2)c(F)c1. The number of hydrogen-bond acceptors (Lipinski definition) is 2. The summed E-state index contributed by atoms with van der Waals surface area (Å²) in [5.74, 6) is 0.155. The van der Waals surface area contributed by atoms with E-state index in [0.29, 0.717) is 5.75 Å². The second-order valence-corrected chi connectivity index (χ2v) is 4.19. The van der Waals surface area contributed by atoms with Crippen molar-refractivity contribution in [3.63, 3.8) is 0 Å². The maximum Gasteiger partial charge on any atom is 0.165 e. The van der Waals surface area contributed by atoms with Gasteiger partial charge in [-0.05, 0) is 50.0 Å². The molecule has 2 nitrogen and oxygen atoms in total. The van der Waals surface area contributed by atoms with Crippen molar-refractivity contribution in [1.82, 2.24) is 5.32 Å². The van der Waals surface area contributed by atoms with Crippen molar-refractivity contribution in [2.45, 2.75) is 32.3 Å². The molecule has 1 aliphatic rings. The predicted molar refractivity (Wildman–Crippen MR) is 62.3 cm³/mol. The Hall–Kier alpha value is -1.09. The van der Waals surface area contributed by atoms with Crippen molar-refractivity contribution in [3.8, 4) is 5.75 Å². The first-order valence-electron chi connectivity index (χ1n) is 5.95. The molecule has 0 aromatic heterocycles. The third kappa shape index (κ3) is 2.73. The molecule has 2 rings (SSSR count). The van der Waals surface area contributed by atoms with Gasteiger partial charge in [0.15, 0.2) is 11.6 Å². The average Bonchev–Trinajstić information content (AvgIpc) is 2.33. The van der Waals surface area contributed by atoms with Gasteiger partial charge < -0.3 is 10.1 Å². The molecule has 16 heavy (non-hydrogen) atoms. The number of rotatable bonds is 3. The van der Waals surface area contributed by atoms with Crippen LogP contribution in [0.4, 0.5) is 4.39 Å². The van der Waals surface area contributed by atoms with Crippen LogP contribution in [-0.4, -0.2) is 19.2 Å². The molecular weight excluding hydrogens is 205 g/mol. The van der Waals surface area contributed by atoms with Gasteiger partial charge in [-0.2, -0.15) is 0 Å². The van der Waals surface area contributed by atoms with Gasteiger partial charge in [0.25, 0.3) is 0 Å². The number of nitrogens with one attached hydrogen (secondary N) is 1. The minimum absolute atomic E-state index is 0.156. The first-order chi connectivity index (χ1) is 7.79. The van der Waals surface area contributed by atoms with E-state index in [1.54, 1.807) is 12.1 Å². The quantitative estimate of drug-likeness (QED) is 0.850. The zero-order chi connectivity index (χ0) is 11.4. The van der Waals surface area contributed by atoms with Crippen molar-refractivity contribution in [2.75, 3.05) is 13.1 Å². The summed E-state index contributed by atoms with van der Waals surface area (Å²) in [4.78, 5) is 0. The van der Waals surface area contributed by atoms with Gasteiger partial charge in [0.2, 0.25) is 0 Å². The third-order valence-corrected chi connectivity index (χ3v) is 2.98. The maximum atomic E-state index is 13.7. The van der Waals surface area contributed by atoms with Crippen molar-refractivity contribution < 1.29 is 9.13 Å². The van der Waals surface area contributed by atoms with Crippen LogP contribution in [0.25, 0.3) is 0 Å². The number of aryl methyl sites for hydroxylation is 1. The van der Waals surface area contributed by atoms with Crippen molar-refractivity contribution >= 4 is 0 Å². The summed E-state index contributed by atoms with van der Waals surface area (Å²) in [5, 5.41) is 3.26. The summed E-state index contributed by atoms with van der Waals surface area (Å²) in [7, 11) is 0. The molecule has 88 valence electrons. The van der Waals surface area contributed by atoms with Gasteiger partial charge in [0.05, 0.1) is 0 Å². The monoisotopic (exact) mass is 223 g/mol. The van der Waals surface area contributed by atoms with Crippen LogP contribution in [0.3, 0.4) is 0 Å². The smallest absolute Gasteiger partial charge is 0.165 e. The first-order valence-corrected chi connectivity index (χ1v) is 5.95. The molecular formula is C13H18FNO. The van der Waals surface area contributed by atoms with Gasteiger partial charge >= 0.3 is 0 Å². The number of hydrogen-bond donors (Lipinski definition) is 1. The van der Waals surface area contributed by atoms with E-state index < -0.39 is 0 Å². The highest BCUT2D eigenvalue weighted by Crippen LogP contribution is 2.22. The number of benzene rings is 1. The molecule has 0 unspecified atom stereocenters. The van der Waals surface area contributed by atoms with E-state index in [1.165, 1.54) is 0 Å². The Balaban J connectivity index is 2.03. The highest BCUT2D eigenvalue weighted by molar-refractivity contribution is 5.29. The highest BCUT2D eigenvalue weighted by atomic mass is 19.1. The lowest BCUT2D eigenvalue weighted by molar-refractivity contribution is 0.156. The van der Waals surface area contributed by atoms with Crippen LogP contribution in [0.5, 0.6) is 5.75 Å². The van der Waals surface area contributed by atoms with Gasteiger partial charge in [0, 0.05) is 0 Å². The fraction of sp³-hybridized carbons (Fsp3) is 0.538. The standard InChI is InChI=1S/C13H18FNO/c1-2-10-3-4-13(12(14)9-10)16-11-5-7-15-8-6-11/h3-4,9,11,15H,2,5-8H2,1H3. The summed E-state index contributed by atoms with van der Waals surface area (Å²) in [6.45, 7) is 3.93. The van der Waals surface area contributed by atoms with Crippen LogP contribution >= 0.6 is 0 Å². The molecule has 0 bridgehead atoms.